The highest BCUT2D eigenvalue weighted by Crippen LogP contribution is 2.38. The molecule has 0 bridgehead atoms. The van der Waals surface area contributed by atoms with Gasteiger partial charge in [0.1, 0.15) is 0 Å². The van der Waals surface area contributed by atoms with Crippen molar-refractivity contribution in [3.05, 3.63) is 70.7 Å². The lowest BCUT2D eigenvalue weighted by molar-refractivity contribution is 0.202. The van der Waals surface area contributed by atoms with Gasteiger partial charge in [-0.15, -0.1) is 11.8 Å². The maximum absolute atomic E-state index is 13.1. The van der Waals surface area contributed by atoms with Crippen molar-refractivity contribution in [2.24, 2.45) is 5.92 Å². The zero-order chi connectivity index (χ0) is 24.4. The van der Waals surface area contributed by atoms with Gasteiger partial charge < -0.3 is 9.84 Å². The standard InChI is InChI=1S/C27H32N4O2S/c1-16(2)13-14-31-19(5)23(24(28-27(31)32)21-8-7-17(3)18(4)15-21)26-29-25(30-33-26)20-9-11-22(34-6)12-10-20/h7-12,15-16,24H,13-14H2,1-6H3,(H,28,32). The Bertz CT molecular complexity index is 1210. The fourth-order valence-electron chi connectivity index (χ4n) is 4.10. The highest BCUT2D eigenvalue weighted by molar-refractivity contribution is 7.98. The van der Waals surface area contributed by atoms with E-state index in [4.69, 9.17) is 9.51 Å². The number of thioether (sulfide) groups is 1. The van der Waals surface area contributed by atoms with Gasteiger partial charge in [-0.05, 0) is 80.3 Å². The van der Waals surface area contributed by atoms with Crippen molar-refractivity contribution in [1.82, 2.24) is 20.4 Å². The van der Waals surface area contributed by atoms with Crippen LogP contribution in [0, 0.1) is 19.8 Å². The number of aromatic nitrogens is 2. The predicted molar refractivity (Wildman–Crippen MR) is 137 cm³/mol. The molecule has 2 amide bonds. The Morgan fingerprint density at radius 2 is 1.82 bits per heavy atom. The van der Waals surface area contributed by atoms with E-state index in [1.807, 2.05) is 37.4 Å². The summed E-state index contributed by atoms with van der Waals surface area (Å²) in [4.78, 5) is 20.9. The van der Waals surface area contributed by atoms with E-state index in [1.165, 1.54) is 16.0 Å². The van der Waals surface area contributed by atoms with E-state index in [9.17, 15) is 4.79 Å². The summed E-state index contributed by atoms with van der Waals surface area (Å²) in [6.45, 7) is 11.1. The van der Waals surface area contributed by atoms with Gasteiger partial charge in [0, 0.05) is 22.7 Å². The minimum Gasteiger partial charge on any atom is -0.334 e. The normalized spacial score (nSPS) is 16.4. The topological polar surface area (TPSA) is 71.3 Å². The minimum atomic E-state index is -0.366. The second-order valence-corrected chi connectivity index (χ2v) is 10.1. The number of amides is 2. The SMILES string of the molecule is CSc1ccc(-c2noc(C3=C(C)N(CCC(C)C)C(=O)NC3c3ccc(C)c(C)c3)n2)cc1. The number of carbonyl (C=O) groups excluding carboxylic acids is 1. The number of benzene rings is 2. The smallest absolute Gasteiger partial charge is 0.322 e. The van der Waals surface area contributed by atoms with Gasteiger partial charge >= 0.3 is 6.03 Å². The molecule has 0 fully saturated rings. The molecular weight excluding hydrogens is 444 g/mol. The molecule has 0 saturated carbocycles. The van der Waals surface area contributed by atoms with Gasteiger partial charge in [0.05, 0.1) is 11.6 Å². The summed E-state index contributed by atoms with van der Waals surface area (Å²) in [7, 11) is 0. The van der Waals surface area contributed by atoms with Crippen molar-refractivity contribution in [2.75, 3.05) is 12.8 Å². The first-order valence-electron chi connectivity index (χ1n) is 11.6. The molecule has 1 aliphatic heterocycles. The number of hydrogen-bond acceptors (Lipinski definition) is 5. The first-order chi connectivity index (χ1) is 16.3. The number of nitrogens with zero attached hydrogens (tertiary/aromatic N) is 3. The minimum absolute atomic E-state index is 0.0995. The van der Waals surface area contributed by atoms with Crippen molar-refractivity contribution in [3.63, 3.8) is 0 Å². The van der Waals surface area contributed by atoms with Crippen LogP contribution in [0.3, 0.4) is 0 Å². The average molecular weight is 477 g/mol. The molecule has 0 radical (unpaired) electrons. The van der Waals surface area contributed by atoms with Gasteiger partial charge in [-0.1, -0.05) is 37.2 Å². The van der Waals surface area contributed by atoms with Crippen LogP contribution >= 0.6 is 11.8 Å². The molecule has 4 rings (SSSR count). The molecule has 1 unspecified atom stereocenters. The van der Waals surface area contributed by atoms with Crippen LogP contribution in [0.25, 0.3) is 17.0 Å². The molecular formula is C27H32N4O2S. The van der Waals surface area contributed by atoms with Crippen LogP contribution < -0.4 is 5.32 Å². The second kappa shape index (κ2) is 10.1. The third kappa shape index (κ3) is 4.89. The Hall–Kier alpha value is -3.06. The molecule has 1 aliphatic rings. The van der Waals surface area contributed by atoms with E-state index < -0.39 is 0 Å². The molecule has 1 atom stereocenters. The maximum Gasteiger partial charge on any atom is 0.322 e. The fraction of sp³-hybridized carbons (Fsp3) is 0.370. The molecule has 2 aromatic carbocycles. The van der Waals surface area contributed by atoms with E-state index >= 15 is 0 Å². The second-order valence-electron chi connectivity index (χ2n) is 9.21. The number of allylic oxidation sites excluding steroid dienone is 1. The molecule has 6 nitrogen and oxygen atoms in total. The molecule has 178 valence electrons. The Kier molecular flexibility index (Phi) is 7.12. The molecule has 7 heteroatoms. The average Bonchev–Trinajstić information content (AvgIpc) is 3.30. The van der Waals surface area contributed by atoms with E-state index in [-0.39, 0.29) is 12.1 Å². The van der Waals surface area contributed by atoms with E-state index in [1.54, 1.807) is 16.7 Å². The summed E-state index contributed by atoms with van der Waals surface area (Å²) in [6.07, 6.45) is 2.95. The number of urea groups is 1. The molecule has 0 aliphatic carbocycles. The van der Waals surface area contributed by atoms with Gasteiger partial charge in [-0.3, -0.25) is 4.90 Å². The number of aryl methyl sites for hydroxylation is 2. The summed E-state index contributed by atoms with van der Waals surface area (Å²) in [5, 5.41) is 7.47. The Morgan fingerprint density at radius 3 is 2.47 bits per heavy atom. The third-order valence-corrected chi connectivity index (χ3v) is 7.14. The van der Waals surface area contributed by atoms with E-state index in [0.29, 0.717) is 24.2 Å². The molecule has 3 aromatic rings. The van der Waals surface area contributed by atoms with Crippen LogP contribution in [0.2, 0.25) is 0 Å². The predicted octanol–water partition coefficient (Wildman–Crippen LogP) is 6.62. The van der Waals surface area contributed by atoms with Gasteiger partial charge in [0.15, 0.2) is 0 Å². The summed E-state index contributed by atoms with van der Waals surface area (Å²) >= 11 is 1.69. The monoisotopic (exact) mass is 476 g/mol. The lowest BCUT2D eigenvalue weighted by Crippen LogP contribution is -2.46. The zero-order valence-electron chi connectivity index (χ0n) is 20.7. The van der Waals surface area contributed by atoms with E-state index in [2.05, 4.69) is 56.4 Å². The lowest BCUT2D eigenvalue weighted by Gasteiger charge is -2.35. The molecule has 1 aromatic heterocycles. The van der Waals surface area contributed by atoms with Crippen LogP contribution in [0.5, 0.6) is 0 Å². The van der Waals surface area contributed by atoms with Gasteiger partial charge in [0.25, 0.3) is 5.89 Å². The lowest BCUT2D eigenvalue weighted by atomic mass is 9.92. The summed E-state index contributed by atoms with van der Waals surface area (Å²) in [5.41, 5.74) is 5.96. The van der Waals surface area contributed by atoms with Crippen molar-refractivity contribution < 1.29 is 9.32 Å². The molecule has 0 saturated heterocycles. The Morgan fingerprint density at radius 1 is 1.09 bits per heavy atom. The maximum atomic E-state index is 13.1. The van der Waals surface area contributed by atoms with Crippen molar-refractivity contribution >= 4 is 23.4 Å². The van der Waals surface area contributed by atoms with Crippen LogP contribution in [-0.4, -0.2) is 33.9 Å². The van der Waals surface area contributed by atoms with Gasteiger partial charge in [0.2, 0.25) is 5.82 Å². The quantitative estimate of drug-likeness (QED) is 0.388. The zero-order valence-corrected chi connectivity index (χ0v) is 21.5. The van der Waals surface area contributed by atoms with Crippen molar-refractivity contribution in [1.29, 1.82) is 0 Å². The fourth-order valence-corrected chi connectivity index (χ4v) is 4.51. The van der Waals surface area contributed by atoms with Gasteiger partial charge in [-0.2, -0.15) is 4.98 Å². The number of carbonyl (C=O) groups is 1. The largest absolute Gasteiger partial charge is 0.334 e. The first-order valence-corrected chi connectivity index (χ1v) is 12.9. The van der Waals surface area contributed by atoms with Crippen LogP contribution in [0.1, 0.15) is 55.8 Å². The van der Waals surface area contributed by atoms with Crippen LogP contribution in [-0.2, 0) is 0 Å². The summed E-state index contributed by atoms with van der Waals surface area (Å²) in [6, 6.07) is 13.9. The number of nitrogens with one attached hydrogen (secondary N) is 1. The van der Waals surface area contributed by atoms with Crippen LogP contribution in [0.4, 0.5) is 4.79 Å². The molecule has 34 heavy (non-hydrogen) atoms. The van der Waals surface area contributed by atoms with Crippen LogP contribution in [0.15, 0.2) is 57.6 Å². The molecule has 2 heterocycles. The Balaban J connectivity index is 1.78. The highest BCUT2D eigenvalue weighted by Gasteiger charge is 2.35. The third-order valence-electron chi connectivity index (χ3n) is 6.40. The molecule has 1 N–H and O–H groups in total. The van der Waals surface area contributed by atoms with E-state index in [0.717, 1.165) is 28.8 Å². The highest BCUT2D eigenvalue weighted by atomic mass is 32.2. The molecule has 0 spiro atoms. The first kappa shape index (κ1) is 24.1. The van der Waals surface area contributed by atoms with Gasteiger partial charge in [-0.25, -0.2) is 4.79 Å². The number of rotatable bonds is 7. The number of hydrogen-bond donors (Lipinski definition) is 1. The summed E-state index contributed by atoms with van der Waals surface area (Å²) < 4.78 is 5.80. The Labute approximate surface area is 205 Å². The van der Waals surface area contributed by atoms with Crippen molar-refractivity contribution in [2.45, 2.75) is 52.0 Å². The van der Waals surface area contributed by atoms with Crippen molar-refractivity contribution in [3.8, 4) is 11.4 Å². The summed E-state index contributed by atoms with van der Waals surface area (Å²) in [5.74, 6) is 1.45.